The predicted octanol–water partition coefficient (Wildman–Crippen LogP) is 1.24. The zero-order valence-corrected chi connectivity index (χ0v) is 16.0. The molecule has 3 N–H and O–H groups in total. The molecule has 1 heterocycles. The molecule has 0 aliphatic carbocycles. The average Bonchev–Trinajstić information content (AvgIpc) is 2.69. The highest BCUT2D eigenvalue weighted by molar-refractivity contribution is 6.30. The number of carbonyl (C=O) groups excluding carboxylic acids is 2. The number of nitrogens with zero attached hydrogens (tertiary/aromatic N) is 1. The van der Waals surface area contributed by atoms with Crippen LogP contribution in [0.2, 0.25) is 5.02 Å². The van der Waals surface area contributed by atoms with Gasteiger partial charge in [0.2, 0.25) is 0 Å². The van der Waals surface area contributed by atoms with Gasteiger partial charge >= 0.3 is 6.03 Å². The Hall–Kier alpha value is -2.57. The molecule has 0 unspecified atom stereocenters. The van der Waals surface area contributed by atoms with E-state index >= 15 is 0 Å². The van der Waals surface area contributed by atoms with Crippen molar-refractivity contribution in [2.45, 2.75) is 6.04 Å². The maximum atomic E-state index is 12.8. The van der Waals surface area contributed by atoms with Gasteiger partial charge < -0.3 is 15.1 Å². The van der Waals surface area contributed by atoms with Crippen LogP contribution in [0.15, 0.2) is 54.6 Å². The van der Waals surface area contributed by atoms with Crippen LogP contribution in [0.1, 0.15) is 11.6 Å². The van der Waals surface area contributed by atoms with Gasteiger partial charge in [0.1, 0.15) is 0 Å². The van der Waals surface area contributed by atoms with Crippen molar-refractivity contribution in [1.82, 2.24) is 10.6 Å². The van der Waals surface area contributed by atoms with E-state index in [9.17, 15) is 9.59 Å². The van der Waals surface area contributed by atoms with E-state index in [1.165, 1.54) is 7.05 Å². The van der Waals surface area contributed by atoms with Crippen molar-refractivity contribution in [1.29, 1.82) is 0 Å². The lowest BCUT2D eigenvalue weighted by molar-refractivity contribution is -0.922. The summed E-state index contributed by atoms with van der Waals surface area (Å²) in [6.07, 6.45) is 0. The van der Waals surface area contributed by atoms with E-state index in [1.54, 1.807) is 0 Å². The van der Waals surface area contributed by atoms with Gasteiger partial charge in [-0.15, -0.1) is 0 Å². The number of hydrogen-bond acceptors (Lipinski definition) is 3. The third kappa shape index (κ3) is 4.78. The fourth-order valence-electron chi connectivity index (χ4n) is 3.48. The second kappa shape index (κ2) is 8.88. The van der Waals surface area contributed by atoms with Gasteiger partial charge in [-0.25, -0.2) is 4.79 Å². The molecule has 142 valence electrons. The quantitative estimate of drug-likeness (QED) is 0.739. The number of rotatable bonds is 4. The summed E-state index contributed by atoms with van der Waals surface area (Å²) in [5.74, 6) is -0.285. The molecule has 1 fully saturated rings. The number of carbonyl (C=O) groups is 2. The molecule has 1 aliphatic heterocycles. The lowest BCUT2D eigenvalue weighted by atomic mass is 10.0. The molecule has 7 heteroatoms. The lowest BCUT2D eigenvalue weighted by Gasteiger charge is -2.37. The van der Waals surface area contributed by atoms with E-state index in [0.717, 1.165) is 47.4 Å². The Balaban J connectivity index is 1.74. The van der Waals surface area contributed by atoms with Gasteiger partial charge in [0.05, 0.1) is 26.2 Å². The molecule has 2 aromatic rings. The van der Waals surface area contributed by atoms with Crippen LogP contribution < -0.4 is 20.4 Å². The van der Waals surface area contributed by atoms with Crippen LogP contribution in [0.3, 0.4) is 0 Å². The normalized spacial score (nSPS) is 15.9. The fourth-order valence-corrected chi connectivity index (χ4v) is 3.66. The zero-order chi connectivity index (χ0) is 19.2. The molecule has 1 saturated heterocycles. The number of halogens is 1. The molecule has 3 rings (SSSR count). The van der Waals surface area contributed by atoms with Crippen molar-refractivity contribution in [2.24, 2.45) is 0 Å². The number of amides is 3. The van der Waals surface area contributed by atoms with Gasteiger partial charge in [-0.2, -0.15) is 0 Å². The van der Waals surface area contributed by atoms with E-state index in [4.69, 9.17) is 11.6 Å². The third-order valence-electron chi connectivity index (χ3n) is 4.85. The monoisotopic (exact) mass is 387 g/mol. The van der Waals surface area contributed by atoms with E-state index < -0.39 is 12.1 Å². The Morgan fingerprint density at radius 3 is 2.41 bits per heavy atom. The molecule has 0 aromatic heterocycles. The molecule has 1 atom stereocenters. The number of benzene rings is 2. The minimum Gasteiger partial charge on any atom is -0.360 e. The second-order valence-electron chi connectivity index (χ2n) is 6.54. The maximum Gasteiger partial charge on any atom is 0.321 e. The van der Waals surface area contributed by atoms with E-state index in [-0.39, 0.29) is 5.91 Å². The first-order chi connectivity index (χ1) is 13.1. The van der Waals surface area contributed by atoms with Crippen LogP contribution in [0.5, 0.6) is 0 Å². The standard InChI is InChI=1S/C20H23ClN4O2/c1-22-20(27)23-19(26)18(15-6-3-2-4-7-15)25-12-10-24(11-13-25)17-9-5-8-16(21)14-17/h2-9,14,18H,10-13H2,1H3,(H2,22,23,26,27)/p+1/t18-/m1/s1. The lowest BCUT2D eigenvalue weighted by Crippen LogP contribution is -3.16. The van der Waals surface area contributed by atoms with Crippen molar-refractivity contribution >= 4 is 29.2 Å². The zero-order valence-electron chi connectivity index (χ0n) is 15.2. The summed E-state index contributed by atoms with van der Waals surface area (Å²) in [4.78, 5) is 27.8. The van der Waals surface area contributed by atoms with Crippen LogP contribution in [-0.2, 0) is 4.79 Å². The summed E-state index contributed by atoms with van der Waals surface area (Å²) in [5, 5.41) is 5.59. The molecular weight excluding hydrogens is 364 g/mol. The van der Waals surface area contributed by atoms with Crippen LogP contribution in [-0.4, -0.2) is 45.2 Å². The molecule has 0 radical (unpaired) electrons. The Labute approximate surface area is 164 Å². The molecule has 0 saturated carbocycles. The second-order valence-corrected chi connectivity index (χ2v) is 6.97. The summed E-state index contributed by atoms with van der Waals surface area (Å²) in [6.45, 7) is 3.19. The Bertz CT molecular complexity index is 792. The van der Waals surface area contributed by atoms with Gasteiger partial charge in [0, 0.05) is 23.3 Å². The summed E-state index contributed by atoms with van der Waals surface area (Å²) in [6, 6.07) is 16.5. The molecule has 1 aliphatic rings. The van der Waals surface area contributed by atoms with Crippen LogP contribution >= 0.6 is 11.6 Å². The topological polar surface area (TPSA) is 65.9 Å². The fraction of sp³-hybridized carbons (Fsp3) is 0.300. The first kappa shape index (κ1) is 19.2. The van der Waals surface area contributed by atoms with Crippen molar-refractivity contribution in [3.8, 4) is 0 Å². The number of imide groups is 1. The number of piperazine rings is 1. The van der Waals surface area contributed by atoms with E-state index in [0.29, 0.717) is 0 Å². The molecule has 3 amide bonds. The maximum absolute atomic E-state index is 12.8. The van der Waals surface area contributed by atoms with E-state index in [1.807, 2.05) is 54.6 Å². The molecule has 0 spiro atoms. The number of nitrogens with one attached hydrogen (secondary N) is 3. The van der Waals surface area contributed by atoms with Crippen molar-refractivity contribution in [3.05, 3.63) is 65.2 Å². The smallest absolute Gasteiger partial charge is 0.321 e. The first-order valence-electron chi connectivity index (χ1n) is 9.01. The molecule has 6 nitrogen and oxygen atoms in total. The highest BCUT2D eigenvalue weighted by Gasteiger charge is 2.35. The van der Waals surface area contributed by atoms with Crippen LogP contribution in [0.4, 0.5) is 10.5 Å². The van der Waals surface area contributed by atoms with Crippen LogP contribution in [0, 0.1) is 0 Å². The van der Waals surface area contributed by atoms with Gasteiger partial charge in [-0.1, -0.05) is 48.0 Å². The highest BCUT2D eigenvalue weighted by Crippen LogP contribution is 2.19. The summed E-state index contributed by atoms with van der Waals surface area (Å²) in [5.41, 5.74) is 2.00. The Morgan fingerprint density at radius 2 is 1.78 bits per heavy atom. The summed E-state index contributed by atoms with van der Waals surface area (Å²) < 4.78 is 0. The first-order valence-corrected chi connectivity index (χ1v) is 9.39. The van der Waals surface area contributed by atoms with Crippen molar-refractivity contribution in [3.63, 3.8) is 0 Å². The van der Waals surface area contributed by atoms with Gasteiger partial charge in [-0.05, 0) is 18.2 Å². The summed E-state index contributed by atoms with van der Waals surface area (Å²) >= 11 is 6.10. The SMILES string of the molecule is CNC(=O)NC(=O)[C@@H](c1ccccc1)[NH+]1CCN(c2cccc(Cl)c2)CC1. The Kier molecular flexibility index (Phi) is 6.32. The van der Waals surface area contributed by atoms with Crippen molar-refractivity contribution < 1.29 is 14.5 Å². The van der Waals surface area contributed by atoms with Crippen molar-refractivity contribution in [2.75, 3.05) is 38.1 Å². The molecular formula is C20H24ClN4O2+. The molecule has 2 aromatic carbocycles. The average molecular weight is 388 g/mol. The molecule has 27 heavy (non-hydrogen) atoms. The third-order valence-corrected chi connectivity index (χ3v) is 5.08. The summed E-state index contributed by atoms with van der Waals surface area (Å²) in [7, 11) is 1.50. The molecule has 0 bridgehead atoms. The predicted molar refractivity (Wildman–Crippen MR) is 106 cm³/mol. The van der Waals surface area contributed by atoms with Crippen LogP contribution in [0.25, 0.3) is 0 Å². The number of urea groups is 1. The minimum atomic E-state index is -0.488. The van der Waals surface area contributed by atoms with Gasteiger partial charge in [0.25, 0.3) is 5.91 Å². The van der Waals surface area contributed by atoms with Gasteiger partial charge in [-0.3, -0.25) is 10.1 Å². The highest BCUT2D eigenvalue weighted by atomic mass is 35.5. The minimum absolute atomic E-state index is 0.285. The number of hydrogen-bond donors (Lipinski definition) is 3. The Morgan fingerprint density at radius 1 is 1.07 bits per heavy atom. The largest absolute Gasteiger partial charge is 0.360 e. The van der Waals surface area contributed by atoms with E-state index in [2.05, 4.69) is 15.5 Å². The van der Waals surface area contributed by atoms with Gasteiger partial charge in [0.15, 0.2) is 6.04 Å². The number of anilines is 1. The number of quaternary nitrogens is 1.